The van der Waals surface area contributed by atoms with E-state index in [0.29, 0.717) is 6.04 Å². The van der Waals surface area contributed by atoms with Gasteiger partial charge < -0.3 is 5.32 Å². The lowest BCUT2D eigenvalue weighted by Gasteiger charge is -2.23. The summed E-state index contributed by atoms with van der Waals surface area (Å²) in [6.07, 6.45) is 5.94. The third-order valence-electron chi connectivity index (χ3n) is 4.05. The average molecular weight is 265 g/mol. The van der Waals surface area contributed by atoms with Crippen LogP contribution in [0.2, 0.25) is 0 Å². The molecule has 1 unspecified atom stereocenters. The van der Waals surface area contributed by atoms with Crippen molar-refractivity contribution in [2.24, 2.45) is 13.0 Å². The minimum absolute atomic E-state index is 0.447. The van der Waals surface area contributed by atoms with E-state index in [1.54, 1.807) is 0 Å². The van der Waals surface area contributed by atoms with E-state index in [0.717, 1.165) is 18.9 Å². The van der Waals surface area contributed by atoms with Gasteiger partial charge in [0.1, 0.15) is 0 Å². The first kappa shape index (κ1) is 16.2. The van der Waals surface area contributed by atoms with Crippen LogP contribution in [-0.2, 0) is 13.5 Å². The van der Waals surface area contributed by atoms with Gasteiger partial charge >= 0.3 is 0 Å². The molecule has 1 rings (SSSR count). The fourth-order valence-electron chi connectivity index (χ4n) is 2.62. The molecule has 0 aromatic carbocycles. The molecule has 1 aromatic rings. The van der Waals surface area contributed by atoms with Crippen molar-refractivity contribution in [3.05, 3.63) is 17.5 Å². The van der Waals surface area contributed by atoms with E-state index in [9.17, 15) is 0 Å². The molecule has 1 atom stereocenters. The van der Waals surface area contributed by atoms with Crippen LogP contribution in [0.5, 0.6) is 0 Å². The van der Waals surface area contributed by atoms with Crippen LogP contribution in [0.3, 0.4) is 0 Å². The molecule has 0 spiro atoms. The normalized spacial score (nSPS) is 13.2. The molecule has 0 fully saturated rings. The van der Waals surface area contributed by atoms with E-state index in [2.05, 4.69) is 55.9 Å². The molecule has 0 amide bonds. The third kappa shape index (κ3) is 4.64. The van der Waals surface area contributed by atoms with Gasteiger partial charge in [0.15, 0.2) is 0 Å². The monoisotopic (exact) mass is 265 g/mol. The van der Waals surface area contributed by atoms with E-state index in [4.69, 9.17) is 0 Å². The quantitative estimate of drug-likeness (QED) is 0.735. The highest BCUT2D eigenvalue weighted by atomic mass is 15.3. The van der Waals surface area contributed by atoms with Gasteiger partial charge in [-0.05, 0) is 37.8 Å². The van der Waals surface area contributed by atoms with E-state index in [1.165, 1.54) is 37.1 Å². The zero-order valence-electron chi connectivity index (χ0n) is 13.4. The average Bonchev–Trinajstić information content (AvgIpc) is 2.80. The van der Waals surface area contributed by atoms with Crippen LogP contribution in [0, 0.1) is 5.92 Å². The molecule has 0 radical (unpaired) electrons. The first-order valence-corrected chi connectivity index (χ1v) is 7.92. The highest BCUT2D eigenvalue weighted by Gasteiger charge is 2.19. The summed E-state index contributed by atoms with van der Waals surface area (Å²) < 4.78 is 2.06. The molecule has 0 saturated heterocycles. The Labute approximate surface area is 118 Å². The van der Waals surface area contributed by atoms with Crippen molar-refractivity contribution in [1.29, 1.82) is 0 Å². The van der Waals surface area contributed by atoms with Crippen molar-refractivity contribution < 1.29 is 0 Å². The molecule has 1 aromatic heterocycles. The lowest BCUT2D eigenvalue weighted by atomic mass is 9.93. The highest BCUT2D eigenvalue weighted by Crippen LogP contribution is 2.25. The maximum Gasteiger partial charge on any atom is 0.0625 e. The fourth-order valence-corrected chi connectivity index (χ4v) is 2.62. The standard InChI is InChI=1S/C16H31N3/c1-6-10-17-15(11-13(7-2)8-3)16-12-14(9-4)18-19(16)5/h12-13,15,17H,6-11H2,1-5H3. The van der Waals surface area contributed by atoms with Crippen LogP contribution in [0.15, 0.2) is 6.07 Å². The van der Waals surface area contributed by atoms with Crippen LogP contribution >= 0.6 is 0 Å². The number of hydrogen-bond acceptors (Lipinski definition) is 2. The van der Waals surface area contributed by atoms with Gasteiger partial charge in [0.2, 0.25) is 0 Å². The van der Waals surface area contributed by atoms with Crippen molar-refractivity contribution in [3.8, 4) is 0 Å². The number of aryl methyl sites for hydroxylation is 2. The predicted molar refractivity (Wildman–Crippen MR) is 82.3 cm³/mol. The van der Waals surface area contributed by atoms with Crippen molar-refractivity contribution in [3.63, 3.8) is 0 Å². The molecule has 19 heavy (non-hydrogen) atoms. The number of nitrogens with zero attached hydrogens (tertiary/aromatic N) is 2. The first-order valence-electron chi connectivity index (χ1n) is 7.92. The summed E-state index contributed by atoms with van der Waals surface area (Å²) in [7, 11) is 2.07. The summed E-state index contributed by atoms with van der Waals surface area (Å²) in [5.74, 6) is 0.800. The molecule has 3 heteroatoms. The van der Waals surface area contributed by atoms with Crippen LogP contribution in [0.25, 0.3) is 0 Å². The summed E-state index contributed by atoms with van der Waals surface area (Å²) in [6, 6.07) is 2.72. The SMILES string of the molecule is CCCNC(CC(CC)CC)c1cc(CC)nn1C. The Hall–Kier alpha value is -0.830. The zero-order chi connectivity index (χ0) is 14.3. The Bertz CT molecular complexity index is 353. The van der Waals surface area contributed by atoms with Gasteiger partial charge in [0.25, 0.3) is 0 Å². The maximum absolute atomic E-state index is 4.59. The van der Waals surface area contributed by atoms with E-state index >= 15 is 0 Å². The molecule has 3 nitrogen and oxygen atoms in total. The fraction of sp³-hybridized carbons (Fsp3) is 0.812. The van der Waals surface area contributed by atoms with Crippen LogP contribution in [0.4, 0.5) is 0 Å². The highest BCUT2D eigenvalue weighted by molar-refractivity contribution is 5.14. The van der Waals surface area contributed by atoms with E-state index < -0.39 is 0 Å². The van der Waals surface area contributed by atoms with Gasteiger partial charge in [-0.15, -0.1) is 0 Å². The largest absolute Gasteiger partial charge is 0.309 e. The Morgan fingerprint density at radius 2 is 1.89 bits per heavy atom. The molecule has 0 aliphatic rings. The van der Waals surface area contributed by atoms with E-state index in [-0.39, 0.29) is 0 Å². The Kier molecular flexibility index (Phi) is 7.14. The Morgan fingerprint density at radius 3 is 2.37 bits per heavy atom. The summed E-state index contributed by atoms with van der Waals surface area (Å²) in [5, 5.41) is 8.30. The number of rotatable bonds is 9. The number of hydrogen-bond donors (Lipinski definition) is 1. The van der Waals surface area contributed by atoms with Crippen molar-refractivity contribution in [2.45, 2.75) is 65.8 Å². The van der Waals surface area contributed by atoms with Crippen molar-refractivity contribution in [2.75, 3.05) is 6.54 Å². The van der Waals surface area contributed by atoms with Gasteiger partial charge in [0.05, 0.1) is 11.4 Å². The topological polar surface area (TPSA) is 29.9 Å². The predicted octanol–water partition coefficient (Wildman–Crippen LogP) is 3.85. The van der Waals surface area contributed by atoms with Gasteiger partial charge in [-0.3, -0.25) is 4.68 Å². The molecule has 110 valence electrons. The van der Waals surface area contributed by atoms with E-state index in [1.807, 2.05) is 0 Å². The van der Waals surface area contributed by atoms with Gasteiger partial charge in [-0.1, -0.05) is 40.5 Å². The van der Waals surface area contributed by atoms with Gasteiger partial charge in [-0.2, -0.15) is 5.10 Å². The van der Waals surface area contributed by atoms with Crippen molar-refractivity contribution >= 4 is 0 Å². The lowest BCUT2D eigenvalue weighted by molar-refractivity contribution is 0.359. The summed E-state index contributed by atoms with van der Waals surface area (Å²) in [4.78, 5) is 0. The molecule has 0 saturated carbocycles. The molecule has 1 N–H and O–H groups in total. The molecular formula is C16H31N3. The third-order valence-corrected chi connectivity index (χ3v) is 4.05. The summed E-state index contributed by atoms with van der Waals surface area (Å²) >= 11 is 0. The Balaban J connectivity index is 2.84. The van der Waals surface area contributed by atoms with Crippen molar-refractivity contribution in [1.82, 2.24) is 15.1 Å². The number of aromatic nitrogens is 2. The first-order chi connectivity index (χ1) is 9.15. The number of nitrogens with one attached hydrogen (secondary N) is 1. The minimum atomic E-state index is 0.447. The summed E-state index contributed by atoms with van der Waals surface area (Å²) in [6.45, 7) is 10.1. The van der Waals surface area contributed by atoms with Crippen LogP contribution in [-0.4, -0.2) is 16.3 Å². The molecular weight excluding hydrogens is 234 g/mol. The van der Waals surface area contributed by atoms with Crippen LogP contribution in [0.1, 0.15) is 70.8 Å². The molecule has 0 aliphatic heterocycles. The second kappa shape index (κ2) is 8.36. The Morgan fingerprint density at radius 1 is 1.21 bits per heavy atom. The van der Waals surface area contributed by atoms with Crippen LogP contribution < -0.4 is 5.32 Å². The lowest BCUT2D eigenvalue weighted by Crippen LogP contribution is -2.26. The minimum Gasteiger partial charge on any atom is -0.309 e. The smallest absolute Gasteiger partial charge is 0.0625 e. The second-order valence-electron chi connectivity index (χ2n) is 5.46. The van der Waals surface area contributed by atoms with Gasteiger partial charge in [-0.25, -0.2) is 0 Å². The zero-order valence-corrected chi connectivity index (χ0v) is 13.4. The molecule has 0 bridgehead atoms. The molecule has 0 aliphatic carbocycles. The maximum atomic E-state index is 4.59. The summed E-state index contributed by atoms with van der Waals surface area (Å²) in [5.41, 5.74) is 2.54. The second-order valence-corrected chi connectivity index (χ2v) is 5.46. The van der Waals surface area contributed by atoms with Gasteiger partial charge in [0, 0.05) is 13.1 Å². The molecule has 1 heterocycles.